The van der Waals surface area contributed by atoms with Gasteiger partial charge in [-0.15, -0.1) is 0 Å². The van der Waals surface area contributed by atoms with Gasteiger partial charge in [-0.2, -0.15) is 5.10 Å². The summed E-state index contributed by atoms with van der Waals surface area (Å²) in [6.45, 7) is 8.14. The van der Waals surface area contributed by atoms with Crippen molar-refractivity contribution in [3.05, 3.63) is 40.6 Å². The van der Waals surface area contributed by atoms with E-state index in [-0.39, 0.29) is 11.6 Å². The summed E-state index contributed by atoms with van der Waals surface area (Å²) in [6.07, 6.45) is 0.863. The zero-order valence-corrected chi connectivity index (χ0v) is 13.8. The molecule has 0 aliphatic heterocycles. The highest BCUT2D eigenvalue weighted by Crippen LogP contribution is 2.21. The summed E-state index contributed by atoms with van der Waals surface area (Å²) in [5, 5.41) is 8.91. The number of benzene rings is 1. The van der Waals surface area contributed by atoms with Crippen molar-refractivity contribution in [2.75, 3.05) is 11.9 Å². The molecular formula is C16H22N4O3. The molecule has 0 radical (unpaired) electrons. The van der Waals surface area contributed by atoms with E-state index in [4.69, 9.17) is 4.74 Å². The normalized spacial score (nSPS) is 12.4. The van der Waals surface area contributed by atoms with Gasteiger partial charge in [0.25, 0.3) is 5.91 Å². The predicted molar refractivity (Wildman–Crippen MR) is 87.8 cm³/mol. The minimum Gasteiger partial charge on any atom is -0.368 e. The third-order valence-electron chi connectivity index (χ3n) is 3.42. The lowest BCUT2D eigenvalue weighted by Crippen LogP contribution is -2.29. The Morgan fingerprint density at radius 1 is 1.39 bits per heavy atom. The fourth-order valence-corrected chi connectivity index (χ4v) is 2.09. The van der Waals surface area contributed by atoms with Crippen LogP contribution in [-0.4, -0.2) is 33.4 Å². The van der Waals surface area contributed by atoms with E-state index in [0.717, 1.165) is 5.56 Å². The first-order valence-corrected chi connectivity index (χ1v) is 7.54. The molecule has 1 aromatic carbocycles. The highest BCUT2D eigenvalue weighted by Gasteiger charge is 2.16. The topological polar surface area (TPSA) is 89.0 Å². The Bertz CT molecular complexity index is 733. The molecule has 1 heterocycles. The molecule has 0 aliphatic carbocycles. The van der Waals surface area contributed by atoms with Crippen molar-refractivity contribution in [2.45, 2.75) is 33.8 Å². The molecule has 0 fully saturated rings. The first kappa shape index (κ1) is 17.0. The van der Waals surface area contributed by atoms with Gasteiger partial charge in [-0.05, 0) is 37.5 Å². The quantitative estimate of drug-likeness (QED) is 0.851. The Kier molecular flexibility index (Phi) is 5.33. The molecule has 0 saturated heterocycles. The summed E-state index contributed by atoms with van der Waals surface area (Å²) < 4.78 is 6.91. The van der Waals surface area contributed by atoms with Gasteiger partial charge in [-0.3, -0.25) is 4.79 Å². The summed E-state index contributed by atoms with van der Waals surface area (Å²) in [6, 6.07) is 5.36. The standard InChI is InChI=1S/C16H22N4O3/c1-10(2)8-23-12(4)15(21)18-13-6-5-7-14(11(13)3)20-9-17-19-16(20)22/h5-7,9-10,12H,8H2,1-4H3,(H,18,21)(H,19,22). The number of ether oxygens (including phenoxy) is 1. The van der Waals surface area contributed by atoms with E-state index >= 15 is 0 Å². The first-order valence-electron chi connectivity index (χ1n) is 7.54. The van der Waals surface area contributed by atoms with Gasteiger partial charge in [0.15, 0.2) is 0 Å². The van der Waals surface area contributed by atoms with Gasteiger partial charge < -0.3 is 10.1 Å². The number of hydrogen-bond acceptors (Lipinski definition) is 4. The van der Waals surface area contributed by atoms with Crippen molar-refractivity contribution in [1.29, 1.82) is 0 Å². The molecule has 1 amide bonds. The minimum atomic E-state index is -0.544. The number of aromatic amines is 1. The van der Waals surface area contributed by atoms with Crippen LogP contribution >= 0.6 is 0 Å². The monoisotopic (exact) mass is 318 g/mol. The van der Waals surface area contributed by atoms with E-state index in [9.17, 15) is 9.59 Å². The molecule has 2 N–H and O–H groups in total. The third-order valence-corrected chi connectivity index (χ3v) is 3.42. The Morgan fingerprint density at radius 2 is 2.13 bits per heavy atom. The molecular weight excluding hydrogens is 296 g/mol. The maximum Gasteiger partial charge on any atom is 0.347 e. The van der Waals surface area contributed by atoms with Crippen LogP contribution in [0.25, 0.3) is 5.69 Å². The number of hydrogen-bond donors (Lipinski definition) is 2. The van der Waals surface area contributed by atoms with Crippen LogP contribution in [0.15, 0.2) is 29.3 Å². The molecule has 0 spiro atoms. The molecule has 0 saturated carbocycles. The fraction of sp³-hybridized carbons (Fsp3) is 0.438. The molecule has 7 heteroatoms. The second kappa shape index (κ2) is 7.23. The van der Waals surface area contributed by atoms with Gasteiger partial charge >= 0.3 is 5.69 Å². The van der Waals surface area contributed by atoms with E-state index < -0.39 is 6.10 Å². The second-order valence-electron chi connectivity index (χ2n) is 5.84. The highest BCUT2D eigenvalue weighted by atomic mass is 16.5. The van der Waals surface area contributed by atoms with Gasteiger partial charge in [0, 0.05) is 12.3 Å². The van der Waals surface area contributed by atoms with Crippen molar-refractivity contribution >= 4 is 11.6 Å². The molecule has 0 aliphatic rings. The second-order valence-corrected chi connectivity index (χ2v) is 5.84. The summed E-state index contributed by atoms with van der Waals surface area (Å²) in [4.78, 5) is 23.9. The smallest absolute Gasteiger partial charge is 0.347 e. The van der Waals surface area contributed by atoms with Gasteiger partial charge in [-0.25, -0.2) is 14.5 Å². The molecule has 7 nitrogen and oxygen atoms in total. The molecule has 23 heavy (non-hydrogen) atoms. The van der Waals surface area contributed by atoms with Crippen molar-refractivity contribution < 1.29 is 9.53 Å². The van der Waals surface area contributed by atoms with Gasteiger partial charge in [-0.1, -0.05) is 19.9 Å². The molecule has 2 rings (SSSR count). The maximum atomic E-state index is 12.2. The van der Waals surface area contributed by atoms with Crippen LogP contribution in [0.2, 0.25) is 0 Å². The number of rotatable bonds is 6. The number of anilines is 1. The lowest BCUT2D eigenvalue weighted by Gasteiger charge is -2.17. The van der Waals surface area contributed by atoms with Crippen molar-refractivity contribution in [3.63, 3.8) is 0 Å². The number of aromatic nitrogens is 3. The molecule has 1 aromatic heterocycles. The Labute approximate surface area is 134 Å². The Balaban J connectivity index is 2.17. The number of H-pyrrole nitrogens is 1. The highest BCUT2D eigenvalue weighted by molar-refractivity contribution is 5.95. The SMILES string of the molecule is Cc1c(NC(=O)C(C)OCC(C)C)cccc1-n1cn[nH]c1=O. The van der Waals surface area contributed by atoms with Crippen LogP contribution in [0.5, 0.6) is 0 Å². The first-order chi connectivity index (χ1) is 10.9. The fourth-order valence-electron chi connectivity index (χ4n) is 2.09. The van der Waals surface area contributed by atoms with Crippen LogP contribution in [0.1, 0.15) is 26.3 Å². The number of nitrogens with zero attached hydrogens (tertiary/aromatic N) is 2. The van der Waals surface area contributed by atoms with Gasteiger partial charge in [0.05, 0.1) is 5.69 Å². The number of carbonyl (C=O) groups is 1. The number of amides is 1. The molecule has 124 valence electrons. The van der Waals surface area contributed by atoms with E-state index in [0.29, 0.717) is 23.9 Å². The van der Waals surface area contributed by atoms with Crippen LogP contribution < -0.4 is 11.0 Å². The van der Waals surface area contributed by atoms with E-state index in [2.05, 4.69) is 15.5 Å². The molecule has 1 unspecified atom stereocenters. The lowest BCUT2D eigenvalue weighted by molar-refractivity contribution is -0.126. The van der Waals surface area contributed by atoms with Gasteiger partial charge in [0.1, 0.15) is 12.4 Å². The molecule has 1 atom stereocenters. The van der Waals surface area contributed by atoms with Crippen LogP contribution in [0.4, 0.5) is 5.69 Å². The molecule has 0 bridgehead atoms. The Hall–Kier alpha value is -2.41. The summed E-state index contributed by atoms with van der Waals surface area (Å²) in [7, 11) is 0. The lowest BCUT2D eigenvalue weighted by atomic mass is 10.1. The van der Waals surface area contributed by atoms with Crippen LogP contribution in [0.3, 0.4) is 0 Å². The van der Waals surface area contributed by atoms with E-state index in [1.54, 1.807) is 25.1 Å². The third kappa shape index (κ3) is 4.07. The number of nitrogens with one attached hydrogen (secondary N) is 2. The zero-order chi connectivity index (χ0) is 17.0. The largest absolute Gasteiger partial charge is 0.368 e. The van der Waals surface area contributed by atoms with Crippen molar-refractivity contribution in [3.8, 4) is 5.69 Å². The van der Waals surface area contributed by atoms with Gasteiger partial charge in [0.2, 0.25) is 0 Å². The number of carbonyl (C=O) groups excluding carboxylic acids is 1. The minimum absolute atomic E-state index is 0.217. The summed E-state index contributed by atoms with van der Waals surface area (Å²) in [5.41, 5.74) is 1.75. The average Bonchev–Trinajstić information content (AvgIpc) is 2.92. The maximum absolute atomic E-state index is 12.2. The Morgan fingerprint density at radius 3 is 2.74 bits per heavy atom. The zero-order valence-electron chi connectivity index (χ0n) is 13.8. The summed E-state index contributed by atoms with van der Waals surface area (Å²) in [5.74, 6) is 0.147. The van der Waals surface area contributed by atoms with E-state index in [1.807, 2.05) is 20.8 Å². The van der Waals surface area contributed by atoms with Crippen molar-refractivity contribution in [1.82, 2.24) is 14.8 Å². The summed E-state index contributed by atoms with van der Waals surface area (Å²) >= 11 is 0. The van der Waals surface area contributed by atoms with Crippen LogP contribution in [-0.2, 0) is 9.53 Å². The predicted octanol–water partition coefficient (Wildman–Crippen LogP) is 1.87. The molecule has 2 aromatic rings. The van der Waals surface area contributed by atoms with Crippen LogP contribution in [0, 0.1) is 12.8 Å². The van der Waals surface area contributed by atoms with E-state index in [1.165, 1.54) is 10.9 Å². The average molecular weight is 318 g/mol. The van der Waals surface area contributed by atoms with Crippen molar-refractivity contribution in [2.24, 2.45) is 5.92 Å².